The zero-order valence-corrected chi connectivity index (χ0v) is 14.3. The SMILES string of the molecule is Cc1cc(F)c(OCC2COC(c3cc(F)c(C#N)c(F)c3)OC2)c(F)c1. The minimum absolute atomic E-state index is 0.0558. The second-order valence-electron chi connectivity index (χ2n) is 6.20. The van der Waals surface area contributed by atoms with Crippen LogP contribution >= 0.6 is 0 Å². The highest BCUT2D eigenvalue weighted by Crippen LogP contribution is 2.29. The molecule has 4 nitrogen and oxygen atoms in total. The number of nitriles is 1. The molecule has 3 rings (SSSR count). The van der Waals surface area contributed by atoms with Gasteiger partial charge in [0.25, 0.3) is 0 Å². The van der Waals surface area contributed by atoms with Crippen molar-refractivity contribution >= 4 is 0 Å². The summed E-state index contributed by atoms with van der Waals surface area (Å²) in [6, 6.07) is 5.71. The summed E-state index contributed by atoms with van der Waals surface area (Å²) in [5, 5.41) is 8.68. The number of ether oxygens (including phenoxy) is 3. The second-order valence-corrected chi connectivity index (χ2v) is 6.20. The van der Waals surface area contributed by atoms with Gasteiger partial charge in [-0.15, -0.1) is 0 Å². The van der Waals surface area contributed by atoms with Gasteiger partial charge < -0.3 is 14.2 Å². The van der Waals surface area contributed by atoms with E-state index in [9.17, 15) is 17.6 Å². The Morgan fingerprint density at radius 3 is 2.07 bits per heavy atom. The minimum atomic E-state index is -1.01. The van der Waals surface area contributed by atoms with Gasteiger partial charge in [0.15, 0.2) is 23.7 Å². The van der Waals surface area contributed by atoms with Crippen molar-refractivity contribution in [2.75, 3.05) is 19.8 Å². The van der Waals surface area contributed by atoms with Crippen LogP contribution in [0.2, 0.25) is 0 Å². The van der Waals surface area contributed by atoms with Crippen LogP contribution in [0.15, 0.2) is 24.3 Å². The molecule has 1 saturated heterocycles. The quantitative estimate of drug-likeness (QED) is 0.747. The molecule has 0 bridgehead atoms. The highest BCUT2D eigenvalue weighted by molar-refractivity contribution is 5.35. The maximum atomic E-state index is 13.8. The molecule has 2 aromatic carbocycles. The summed E-state index contributed by atoms with van der Waals surface area (Å²) in [6.45, 7) is 1.71. The molecule has 0 radical (unpaired) electrons. The van der Waals surface area contributed by atoms with Gasteiger partial charge >= 0.3 is 0 Å². The Labute approximate surface area is 152 Å². The Kier molecular flexibility index (Phi) is 5.63. The fourth-order valence-electron chi connectivity index (χ4n) is 2.69. The summed E-state index contributed by atoms with van der Waals surface area (Å²) >= 11 is 0. The molecule has 0 aliphatic carbocycles. The predicted molar refractivity (Wildman–Crippen MR) is 85.8 cm³/mol. The Morgan fingerprint density at radius 1 is 1.00 bits per heavy atom. The fraction of sp³-hybridized carbons (Fsp3) is 0.316. The summed E-state index contributed by atoms with van der Waals surface area (Å²) in [7, 11) is 0. The lowest BCUT2D eigenvalue weighted by atomic mass is 10.1. The number of hydrogen-bond donors (Lipinski definition) is 0. The first-order chi connectivity index (χ1) is 12.9. The topological polar surface area (TPSA) is 51.5 Å². The zero-order valence-electron chi connectivity index (χ0n) is 14.3. The first-order valence-corrected chi connectivity index (χ1v) is 8.09. The van der Waals surface area contributed by atoms with E-state index in [-0.39, 0.29) is 31.3 Å². The molecule has 1 fully saturated rings. The molecule has 0 unspecified atom stereocenters. The Bertz CT molecular complexity index is 843. The number of rotatable bonds is 4. The maximum Gasteiger partial charge on any atom is 0.190 e. The van der Waals surface area contributed by atoms with Crippen LogP contribution in [0.25, 0.3) is 0 Å². The number of aryl methyl sites for hydroxylation is 1. The molecule has 0 amide bonds. The van der Waals surface area contributed by atoms with E-state index in [1.54, 1.807) is 6.92 Å². The van der Waals surface area contributed by atoms with E-state index in [1.165, 1.54) is 6.07 Å². The van der Waals surface area contributed by atoms with Gasteiger partial charge in [0, 0.05) is 11.5 Å². The van der Waals surface area contributed by atoms with Crippen LogP contribution in [0.5, 0.6) is 5.75 Å². The van der Waals surface area contributed by atoms with Crippen LogP contribution in [-0.4, -0.2) is 19.8 Å². The van der Waals surface area contributed by atoms with Crippen LogP contribution in [0.4, 0.5) is 17.6 Å². The number of hydrogen-bond acceptors (Lipinski definition) is 4. The van der Waals surface area contributed by atoms with Crippen molar-refractivity contribution in [2.24, 2.45) is 5.92 Å². The molecular formula is C19H15F4NO3. The van der Waals surface area contributed by atoms with Crippen LogP contribution in [-0.2, 0) is 9.47 Å². The fourth-order valence-corrected chi connectivity index (χ4v) is 2.69. The van der Waals surface area contributed by atoms with E-state index in [2.05, 4.69) is 0 Å². The zero-order chi connectivity index (χ0) is 19.6. The van der Waals surface area contributed by atoms with Gasteiger partial charge in [-0.2, -0.15) is 5.26 Å². The normalized spacial score (nSPS) is 19.6. The van der Waals surface area contributed by atoms with E-state index in [0.29, 0.717) is 5.56 Å². The lowest BCUT2D eigenvalue weighted by Gasteiger charge is -2.29. The average molecular weight is 381 g/mol. The molecule has 1 aliphatic rings. The molecule has 142 valence electrons. The van der Waals surface area contributed by atoms with Gasteiger partial charge in [0.2, 0.25) is 0 Å². The highest BCUT2D eigenvalue weighted by atomic mass is 19.1. The molecule has 8 heteroatoms. The van der Waals surface area contributed by atoms with Crippen LogP contribution in [0, 0.1) is 47.4 Å². The lowest BCUT2D eigenvalue weighted by molar-refractivity contribution is -0.209. The third-order valence-electron chi connectivity index (χ3n) is 4.02. The van der Waals surface area contributed by atoms with Gasteiger partial charge in [0.1, 0.15) is 23.3 Å². The summed E-state index contributed by atoms with van der Waals surface area (Å²) in [5.41, 5.74) is -0.145. The summed E-state index contributed by atoms with van der Waals surface area (Å²) in [6.07, 6.45) is -1.01. The van der Waals surface area contributed by atoms with Crippen molar-refractivity contribution in [3.05, 3.63) is 64.2 Å². The van der Waals surface area contributed by atoms with Gasteiger partial charge in [-0.05, 0) is 36.8 Å². The second kappa shape index (κ2) is 7.94. The summed E-state index contributed by atoms with van der Waals surface area (Å²) in [4.78, 5) is 0. The van der Waals surface area contributed by atoms with E-state index >= 15 is 0 Å². The van der Waals surface area contributed by atoms with Crippen molar-refractivity contribution in [1.82, 2.24) is 0 Å². The van der Waals surface area contributed by atoms with E-state index in [0.717, 1.165) is 24.3 Å². The first-order valence-electron chi connectivity index (χ1n) is 8.09. The predicted octanol–water partition coefficient (Wildman–Crippen LogP) is 4.16. The van der Waals surface area contributed by atoms with Crippen LogP contribution < -0.4 is 4.74 Å². The van der Waals surface area contributed by atoms with E-state index in [1.807, 2.05) is 0 Å². The van der Waals surface area contributed by atoms with E-state index in [4.69, 9.17) is 19.5 Å². The molecule has 1 heterocycles. The molecule has 0 N–H and O–H groups in total. The van der Waals surface area contributed by atoms with Gasteiger partial charge in [-0.3, -0.25) is 0 Å². The van der Waals surface area contributed by atoms with Crippen molar-refractivity contribution in [3.63, 3.8) is 0 Å². The molecule has 0 spiro atoms. The number of nitrogens with zero attached hydrogens (tertiary/aromatic N) is 1. The average Bonchev–Trinajstić information content (AvgIpc) is 2.61. The molecule has 0 saturated carbocycles. The van der Waals surface area contributed by atoms with Crippen molar-refractivity contribution < 1.29 is 31.8 Å². The lowest BCUT2D eigenvalue weighted by Crippen LogP contribution is -2.31. The first kappa shape index (κ1) is 19.1. The van der Waals surface area contributed by atoms with Crippen molar-refractivity contribution in [2.45, 2.75) is 13.2 Å². The van der Waals surface area contributed by atoms with Crippen LogP contribution in [0.3, 0.4) is 0 Å². The molecule has 0 aromatic heterocycles. The van der Waals surface area contributed by atoms with Crippen molar-refractivity contribution in [1.29, 1.82) is 5.26 Å². The third kappa shape index (κ3) is 4.21. The highest BCUT2D eigenvalue weighted by Gasteiger charge is 2.26. The Balaban J connectivity index is 1.59. The standard InChI is InChI=1S/C19H15F4NO3/c1-10-2-16(22)18(17(23)3-10)25-7-11-8-26-19(27-9-11)12-4-14(20)13(6-24)15(21)5-12/h2-5,11,19H,7-9H2,1H3. The number of halogens is 4. The largest absolute Gasteiger partial charge is 0.487 e. The third-order valence-corrected chi connectivity index (χ3v) is 4.02. The Hall–Kier alpha value is -2.63. The molecule has 1 aliphatic heterocycles. The molecular weight excluding hydrogens is 366 g/mol. The van der Waals surface area contributed by atoms with E-state index < -0.39 is 40.9 Å². The maximum absolute atomic E-state index is 13.8. The smallest absolute Gasteiger partial charge is 0.190 e. The van der Waals surface area contributed by atoms with Crippen molar-refractivity contribution in [3.8, 4) is 11.8 Å². The van der Waals surface area contributed by atoms with Crippen LogP contribution in [0.1, 0.15) is 23.0 Å². The summed E-state index contributed by atoms with van der Waals surface area (Å²) in [5.74, 6) is -4.41. The molecule has 2 aromatic rings. The number of benzene rings is 2. The summed E-state index contributed by atoms with van der Waals surface area (Å²) < 4.78 is 71.0. The van der Waals surface area contributed by atoms with Gasteiger partial charge in [-0.25, -0.2) is 17.6 Å². The monoisotopic (exact) mass is 381 g/mol. The molecule has 27 heavy (non-hydrogen) atoms. The van der Waals surface area contributed by atoms with Gasteiger partial charge in [0.05, 0.1) is 19.8 Å². The molecule has 0 atom stereocenters. The van der Waals surface area contributed by atoms with Gasteiger partial charge in [-0.1, -0.05) is 0 Å². The Morgan fingerprint density at radius 2 is 1.56 bits per heavy atom. The minimum Gasteiger partial charge on any atom is -0.487 e.